The Morgan fingerprint density at radius 3 is 2.68 bits per heavy atom. The van der Waals surface area contributed by atoms with Crippen LogP contribution in [0.25, 0.3) is 0 Å². The smallest absolute Gasteiger partial charge is 0.244 e. The van der Waals surface area contributed by atoms with Gasteiger partial charge in [-0.2, -0.15) is 0 Å². The lowest BCUT2D eigenvalue weighted by Gasteiger charge is -2.22. The van der Waals surface area contributed by atoms with E-state index in [0.717, 1.165) is 37.0 Å². The molecule has 1 amide bonds. The van der Waals surface area contributed by atoms with Crippen molar-refractivity contribution >= 4 is 5.91 Å². The predicted octanol–water partition coefficient (Wildman–Crippen LogP) is 2.07. The molecule has 1 saturated heterocycles. The first-order chi connectivity index (χ1) is 9.18. The summed E-state index contributed by atoms with van der Waals surface area (Å²) in [6.45, 7) is 0. The van der Waals surface area contributed by atoms with Gasteiger partial charge in [0.25, 0.3) is 0 Å². The number of hydrogen-bond acceptors (Lipinski definition) is 3. The van der Waals surface area contributed by atoms with Crippen LogP contribution in [0.1, 0.15) is 37.4 Å². The van der Waals surface area contributed by atoms with E-state index < -0.39 is 0 Å². The third-order valence-corrected chi connectivity index (χ3v) is 4.42. The number of likely N-dealkylation sites (N-methyl/N-ethyl adjacent to an activating group) is 1. The second-order valence-corrected chi connectivity index (χ2v) is 5.49. The number of para-hydroxylation sites is 1. The van der Waals surface area contributed by atoms with E-state index in [-0.39, 0.29) is 17.6 Å². The minimum Gasteiger partial charge on any atom is -0.496 e. The van der Waals surface area contributed by atoms with Crippen molar-refractivity contribution in [2.45, 2.75) is 37.4 Å². The van der Waals surface area contributed by atoms with Crippen LogP contribution in [0, 0.1) is 0 Å². The number of methoxy groups -OCH3 is 1. The zero-order valence-electron chi connectivity index (χ0n) is 11.5. The van der Waals surface area contributed by atoms with Gasteiger partial charge in [-0.3, -0.25) is 10.1 Å². The van der Waals surface area contributed by atoms with Crippen LogP contribution in [0.3, 0.4) is 0 Å². The molecule has 1 aliphatic carbocycles. The van der Waals surface area contributed by atoms with Crippen molar-refractivity contribution in [3.63, 3.8) is 0 Å². The van der Waals surface area contributed by atoms with Gasteiger partial charge in [-0.25, -0.2) is 0 Å². The maximum Gasteiger partial charge on any atom is 0.244 e. The average Bonchev–Trinajstić information content (AvgIpc) is 3.01. The second-order valence-electron chi connectivity index (χ2n) is 5.49. The monoisotopic (exact) mass is 260 g/mol. The van der Waals surface area contributed by atoms with Crippen molar-refractivity contribution in [1.82, 2.24) is 10.2 Å². The summed E-state index contributed by atoms with van der Waals surface area (Å²) >= 11 is 0. The molecule has 1 aliphatic heterocycles. The van der Waals surface area contributed by atoms with Crippen LogP contribution in [0.2, 0.25) is 0 Å². The summed E-state index contributed by atoms with van der Waals surface area (Å²) in [5, 5.41) is 3.55. The number of rotatable bonds is 2. The number of hydrogen-bond donors (Lipinski definition) is 1. The molecule has 1 spiro atoms. The molecule has 1 heterocycles. The number of nitrogens with one attached hydrogen (secondary N) is 1. The maximum absolute atomic E-state index is 12.5. The first-order valence-corrected chi connectivity index (χ1v) is 6.86. The van der Waals surface area contributed by atoms with Crippen LogP contribution in [-0.4, -0.2) is 30.5 Å². The van der Waals surface area contributed by atoms with E-state index in [9.17, 15) is 4.79 Å². The Labute approximate surface area is 113 Å². The van der Waals surface area contributed by atoms with Gasteiger partial charge in [0.05, 0.1) is 12.6 Å². The number of amides is 1. The summed E-state index contributed by atoms with van der Waals surface area (Å²) in [4.78, 5) is 14.4. The predicted molar refractivity (Wildman–Crippen MR) is 72.8 cm³/mol. The summed E-state index contributed by atoms with van der Waals surface area (Å²) in [7, 11) is 3.54. The Hall–Kier alpha value is -1.55. The Bertz CT molecular complexity index is 495. The van der Waals surface area contributed by atoms with Crippen LogP contribution in [0.15, 0.2) is 24.3 Å². The summed E-state index contributed by atoms with van der Waals surface area (Å²) in [6.07, 6.45) is 4.07. The summed E-state index contributed by atoms with van der Waals surface area (Å²) < 4.78 is 5.41. The van der Waals surface area contributed by atoms with Gasteiger partial charge in [0, 0.05) is 12.6 Å². The van der Waals surface area contributed by atoms with Crippen LogP contribution >= 0.6 is 0 Å². The summed E-state index contributed by atoms with van der Waals surface area (Å²) in [5.41, 5.74) is 0.699. The highest BCUT2D eigenvalue weighted by Gasteiger charge is 2.51. The SMILES string of the molecule is COc1ccccc1C1NC2(CCCC2)C(=O)N1C. The van der Waals surface area contributed by atoms with Gasteiger partial charge in [0.1, 0.15) is 11.9 Å². The van der Waals surface area contributed by atoms with E-state index in [2.05, 4.69) is 5.32 Å². The molecule has 1 aromatic rings. The summed E-state index contributed by atoms with van der Waals surface area (Å²) in [6, 6.07) is 7.89. The minimum absolute atomic E-state index is 0.0817. The van der Waals surface area contributed by atoms with E-state index >= 15 is 0 Å². The number of carbonyl (C=O) groups is 1. The molecule has 102 valence electrons. The Kier molecular flexibility index (Phi) is 2.97. The lowest BCUT2D eigenvalue weighted by molar-refractivity contribution is -0.132. The topological polar surface area (TPSA) is 41.6 Å². The van der Waals surface area contributed by atoms with Gasteiger partial charge in [0.2, 0.25) is 5.91 Å². The second kappa shape index (κ2) is 4.53. The molecule has 2 fully saturated rings. The molecule has 2 aliphatic rings. The molecule has 1 N–H and O–H groups in total. The number of ether oxygens (including phenoxy) is 1. The Morgan fingerprint density at radius 1 is 1.32 bits per heavy atom. The lowest BCUT2D eigenvalue weighted by atomic mass is 9.98. The third-order valence-electron chi connectivity index (χ3n) is 4.42. The quantitative estimate of drug-likeness (QED) is 0.885. The highest BCUT2D eigenvalue weighted by atomic mass is 16.5. The van der Waals surface area contributed by atoms with E-state index in [4.69, 9.17) is 4.74 Å². The van der Waals surface area contributed by atoms with Crippen LogP contribution in [0.4, 0.5) is 0 Å². The molecule has 1 aromatic carbocycles. The zero-order chi connectivity index (χ0) is 13.5. The van der Waals surface area contributed by atoms with Crippen molar-refractivity contribution in [3.05, 3.63) is 29.8 Å². The molecule has 0 aromatic heterocycles. The van der Waals surface area contributed by atoms with E-state index in [1.165, 1.54) is 0 Å². The van der Waals surface area contributed by atoms with Crippen molar-refractivity contribution in [1.29, 1.82) is 0 Å². The number of nitrogens with zero attached hydrogens (tertiary/aromatic N) is 1. The fraction of sp³-hybridized carbons (Fsp3) is 0.533. The Morgan fingerprint density at radius 2 is 2.00 bits per heavy atom. The first kappa shape index (κ1) is 12.5. The number of carbonyl (C=O) groups excluding carboxylic acids is 1. The van der Waals surface area contributed by atoms with Gasteiger partial charge in [-0.1, -0.05) is 31.0 Å². The van der Waals surface area contributed by atoms with Crippen molar-refractivity contribution in [2.24, 2.45) is 0 Å². The standard InChI is InChI=1S/C15H20N2O2/c1-17-13(11-7-3-4-8-12(11)19-2)16-15(14(17)18)9-5-6-10-15/h3-4,7-8,13,16H,5-6,9-10H2,1-2H3. The molecule has 0 radical (unpaired) electrons. The van der Waals surface area contributed by atoms with Crippen LogP contribution in [-0.2, 0) is 4.79 Å². The molecular formula is C15H20N2O2. The van der Waals surface area contributed by atoms with E-state index in [1.54, 1.807) is 7.11 Å². The molecule has 4 heteroatoms. The largest absolute Gasteiger partial charge is 0.496 e. The molecule has 1 saturated carbocycles. The third kappa shape index (κ3) is 1.82. The van der Waals surface area contributed by atoms with Crippen LogP contribution < -0.4 is 10.1 Å². The average molecular weight is 260 g/mol. The Balaban J connectivity index is 1.96. The van der Waals surface area contributed by atoms with Crippen molar-refractivity contribution in [2.75, 3.05) is 14.2 Å². The van der Waals surface area contributed by atoms with Crippen molar-refractivity contribution < 1.29 is 9.53 Å². The molecular weight excluding hydrogens is 240 g/mol. The maximum atomic E-state index is 12.5. The van der Waals surface area contributed by atoms with Crippen LogP contribution in [0.5, 0.6) is 5.75 Å². The number of benzene rings is 1. The molecule has 1 atom stereocenters. The molecule has 4 nitrogen and oxygen atoms in total. The van der Waals surface area contributed by atoms with Gasteiger partial charge in [-0.15, -0.1) is 0 Å². The highest BCUT2D eigenvalue weighted by Crippen LogP contribution is 2.41. The molecule has 19 heavy (non-hydrogen) atoms. The fourth-order valence-electron chi connectivity index (χ4n) is 3.39. The molecule has 1 unspecified atom stereocenters. The van der Waals surface area contributed by atoms with Gasteiger partial charge in [-0.05, 0) is 18.9 Å². The highest BCUT2D eigenvalue weighted by molar-refractivity contribution is 5.89. The lowest BCUT2D eigenvalue weighted by Crippen LogP contribution is -2.43. The normalized spacial score (nSPS) is 25.3. The van der Waals surface area contributed by atoms with Gasteiger partial charge >= 0.3 is 0 Å². The van der Waals surface area contributed by atoms with Gasteiger partial charge < -0.3 is 9.64 Å². The fourth-order valence-corrected chi connectivity index (χ4v) is 3.39. The van der Waals surface area contributed by atoms with Crippen molar-refractivity contribution in [3.8, 4) is 5.75 Å². The summed E-state index contributed by atoms with van der Waals surface area (Å²) in [5.74, 6) is 1.05. The first-order valence-electron chi connectivity index (χ1n) is 6.86. The minimum atomic E-state index is -0.333. The van der Waals surface area contributed by atoms with E-state index in [0.29, 0.717) is 0 Å². The van der Waals surface area contributed by atoms with E-state index in [1.807, 2.05) is 36.2 Å². The zero-order valence-corrected chi connectivity index (χ0v) is 11.5. The van der Waals surface area contributed by atoms with Gasteiger partial charge in [0.15, 0.2) is 0 Å². The molecule has 3 rings (SSSR count). The molecule has 0 bridgehead atoms.